The molecule has 21 atom stereocenters. The highest BCUT2D eigenvalue weighted by Crippen LogP contribution is 2.34. The van der Waals surface area contributed by atoms with E-state index in [1.165, 1.54) is 0 Å². The maximum Gasteiger partial charge on any atom is 0.252 e. The number of rotatable bonds is 13. The average Bonchev–Trinajstić information content (AvgIpc) is 3.40. The van der Waals surface area contributed by atoms with Crippen molar-refractivity contribution in [2.45, 2.75) is 135 Å². The number of amides is 1. The van der Waals surface area contributed by atoms with Crippen molar-refractivity contribution >= 4 is 5.91 Å². The average molecular weight is 734 g/mol. The standard InChI is InChI=1S/C27H52FN7O15/c28-6(2-29)14(37)24(44)35-8-1-7(32)21(48-25-12(33)18(41)16(39)9(3-30)45-25)23(15(8)38)50-27-20(43)22(11(5-36)47-27)49-26-13(34)19(42)17(40)10(4-31)46-26/h6-23,25-27,36-43H,1-5,29-34H2,(H,35,44)/t6-,7+,8-,9-,10+,11-,12-,13-,14+,15+,16-,17-,18+,19-,20-,21-,22-,23-,25-,26-,27+/m1/s1. The highest BCUT2D eigenvalue weighted by molar-refractivity contribution is 5.81. The van der Waals surface area contributed by atoms with Gasteiger partial charge in [0.2, 0.25) is 0 Å². The molecule has 0 bridgehead atoms. The zero-order valence-electron chi connectivity index (χ0n) is 26.9. The number of hydrogen-bond donors (Lipinski definition) is 15. The van der Waals surface area contributed by atoms with Crippen LogP contribution in [-0.4, -0.2) is 202 Å². The van der Waals surface area contributed by atoms with Gasteiger partial charge in [-0.25, -0.2) is 4.39 Å². The summed E-state index contributed by atoms with van der Waals surface area (Å²) in [5.74, 6) is -1.23. The number of carbonyl (C=O) groups is 1. The number of nitrogens with two attached hydrogens (primary N) is 6. The highest BCUT2D eigenvalue weighted by atomic mass is 19.1. The second kappa shape index (κ2) is 17.6. The first-order valence-corrected chi connectivity index (χ1v) is 16.2. The molecule has 3 saturated heterocycles. The van der Waals surface area contributed by atoms with Gasteiger partial charge in [0.25, 0.3) is 5.91 Å². The molecule has 0 radical (unpaired) electrons. The Kier molecular flexibility index (Phi) is 14.6. The molecule has 0 aromatic heterocycles. The predicted octanol–water partition coefficient (Wildman–Crippen LogP) is -10.1. The summed E-state index contributed by atoms with van der Waals surface area (Å²) >= 11 is 0. The van der Waals surface area contributed by atoms with Crippen molar-refractivity contribution in [2.24, 2.45) is 34.4 Å². The Labute approximate surface area is 285 Å². The summed E-state index contributed by atoms with van der Waals surface area (Å²) in [5.41, 5.74) is 35.0. The Balaban J connectivity index is 1.58. The van der Waals surface area contributed by atoms with Gasteiger partial charge in [0, 0.05) is 25.7 Å². The van der Waals surface area contributed by atoms with Crippen LogP contribution in [0.25, 0.3) is 0 Å². The maximum absolute atomic E-state index is 14.0. The van der Waals surface area contributed by atoms with Crippen molar-refractivity contribution in [1.29, 1.82) is 0 Å². The lowest BCUT2D eigenvalue weighted by molar-refractivity contribution is -0.307. The van der Waals surface area contributed by atoms with E-state index in [1.54, 1.807) is 0 Å². The normalized spacial score (nSPS) is 48.3. The summed E-state index contributed by atoms with van der Waals surface area (Å²) in [4.78, 5) is 12.6. The molecule has 1 saturated carbocycles. The van der Waals surface area contributed by atoms with Gasteiger partial charge in [0.1, 0.15) is 79.4 Å². The van der Waals surface area contributed by atoms with Gasteiger partial charge in [0.15, 0.2) is 25.0 Å². The van der Waals surface area contributed by atoms with Crippen LogP contribution in [0.4, 0.5) is 4.39 Å². The fourth-order valence-corrected chi connectivity index (χ4v) is 6.41. The molecule has 0 aromatic carbocycles. The van der Waals surface area contributed by atoms with Crippen molar-refractivity contribution in [2.75, 3.05) is 26.2 Å². The van der Waals surface area contributed by atoms with Crippen LogP contribution in [0.3, 0.4) is 0 Å². The third kappa shape index (κ3) is 8.53. The lowest BCUT2D eigenvalue weighted by atomic mass is 9.83. The summed E-state index contributed by atoms with van der Waals surface area (Å²) in [6.45, 7) is -1.91. The van der Waals surface area contributed by atoms with Crippen LogP contribution in [0.5, 0.6) is 0 Å². The molecule has 1 amide bonds. The minimum atomic E-state index is -2.19. The quantitative estimate of drug-likeness (QED) is 0.0835. The van der Waals surface area contributed by atoms with Gasteiger partial charge in [-0.3, -0.25) is 4.79 Å². The molecule has 23 heteroatoms. The Bertz CT molecular complexity index is 1090. The Morgan fingerprint density at radius 3 is 1.68 bits per heavy atom. The molecule has 4 fully saturated rings. The summed E-state index contributed by atoms with van der Waals surface area (Å²) in [6, 6.07) is -5.17. The van der Waals surface area contributed by atoms with Crippen LogP contribution in [-0.2, 0) is 33.2 Å². The van der Waals surface area contributed by atoms with Crippen LogP contribution >= 0.6 is 0 Å². The van der Waals surface area contributed by atoms with Gasteiger partial charge >= 0.3 is 0 Å². The van der Waals surface area contributed by atoms with Crippen LogP contribution in [0.2, 0.25) is 0 Å². The Hall–Kier alpha value is -1.40. The maximum atomic E-state index is 14.0. The molecule has 292 valence electrons. The monoisotopic (exact) mass is 733 g/mol. The topological polar surface area (TPSA) is 402 Å². The third-order valence-electron chi connectivity index (χ3n) is 9.49. The van der Waals surface area contributed by atoms with Gasteiger partial charge < -0.3 is 109 Å². The lowest BCUT2D eigenvalue weighted by Crippen LogP contribution is -2.69. The van der Waals surface area contributed by atoms with Crippen molar-refractivity contribution < 1.29 is 78.5 Å². The van der Waals surface area contributed by atoms with E-state index in [0.29, 0.717) is 0 Å². The number of carbonyl (C=O) groups excluding carboxylic acids is 1. The molecule has 4 rings (SSSR count). The molecule has 22 nitrogen and oxygen atoms in total. The number of aliphatic hydroxyl groups excluding tert-OH is 8. The summed E-state index contributed by atoms with van der Waals surface area (Å²) in [5, 5.41) is 86.5. The van der Waals surface area contributed by atoms with E-state index < -0.39 is 148 Å². The van der Waals surface area contributed by atoms with Crippen LogP contribution in [0.15, 0.2) is 0 Å². The predicted molar refractivity (Wildman–Crippen MR) is 162 cm³/mol. The first kappa shape index (κ1) is 41.4. The molecule has 50 heavy (non-hydrogen) atoms. The first-order chi connectivity index (χ1) is 23.6. The number of hydrogen-bond acceptors (Lipinski definition) is 21. The van der Waals surface area contributed by atoms with Crippen molar-refractivity contribution in [3.05, 3.63) is 0 Å². The van der Waals surface area contributed by atoms with E-state index in [4.69, 9.17) is 62.8 Å². The van der Waals surface area contributed by atoms with Gasteiger partial charge in [0.05, 0.1) is 24.7 Å². The Morgan fingerprint density at radius 2 is 1.20 bits per heavy atom. The van der Waals surface area contributed by atoms with Crippen molar-refractivity contribution in [3.63, 3.8) is 0 Å². The molecular weight excluding hydrogens is 681 g/mol. The molecule has 0 aromatic rings. The van der Waals surface area contributed by atoms with E-state index in [0.717, 1.165) is 0 Å². The number of aliphatic hydroxyl groups is 8. The zero-order valence-corrected chi connectivity index (χ0v) is 26.9. The highest BCUT2D eigenvalue weighted by Gasteiger charge is 2.55. The molecule has 1 aliphatic carbocycles. The molecule has 3 heterocycles. The van der Waals surface area contributed by atoms with E-state index in [1.807, 2.05) is 0 Å². The number of ether oxygens (including phenoxy) is 6. The fourth-order valence-electron chi connectivity index (χ4n) is 6.41. The first-order valence-electron chi connectivity index (χ1n) is 16.2. The van der Waals surface area contributed by atoms with Crippen LogP contribution in [0, 0.1) is 0 Å². The summed E-state index contributed by atoms with van der Waals surface area (Å²) in [6.07, 6.45) is -26.9. The zero-order chi connectivity index (χ0) is 37.2. The number of halogens is 1. The van der Waals surface area contributed by atoms with Crippen LogP contribution < -0.4 is 39.7 Å². The Morgan fingerprint density at radius 1 is 0.720 bits per heavy atom. The van der Waals surface area contributed by atoms with Gasteiger partial charge in [-0.2, -0.15) is 0 Å². The molecule has 4 aliphatic rings. The number of nitrogens with one attached hydrogen (secondary N) is 1. The largest absolute Gasteiger partial charge is 0.394 e. The smallest absolute Gasteiger partial charge is 0.252 e. The van der Waals surface area contributed by atoms with Crippen molar-refractivity contribution in [1.82, 2.24) is 5.32 Å². The second-order valence-electron chi connectivity index (χ2n) is 12.9. The summed E-state index contributed by atoms with van der Waals surface area (Å²) < 4.78 is 48.7. The lowest BCUT2D eigenvalue weighted by Gasteiger charge is -2.48. The SMILES string of the molecule is NC[C@@H](F)[C@H](O)C(=O)N[C@@H]1C[C@H](N)[C@@H](O[C@H]2O[C@H](CN)[C@@H](O)[C@@H](O)[C@H]2N)[C@H](O[C@@H]2O[C@H](CO)[C@@H](O[C@H]3O[C@@H](CN)[C@@H](O)[C@H](O)[C@H]3N)[C@H]2O)[C@H]1O. The molecule has 3 aliphatic heterocycles. The summed E-state index contributed by atoms with van der Waals surface area (Å²) in [7, 11) is 0. The van der Waals surface area contributed by atoms with Gasteiger partial charge in [-0.15, -0.1) is 0 Å². The van der Waals surface area contributed by atoms with E-state index >= 15 is 0 Å². The van der Waals surface area contributed by atoms with Gasteiger partial charge in [-0.1, -0.05) is 0 Å². The van der Waals surface area contributed by atoms with E-state index in [2.05, 4.69) is 5.32 Å². The second-order valence-corrected chi connectivity index (χ2v) is 12.9. The number of alkyl halides is 1. The van der Waals surface area contributed by atoms with Crippen molar-refractivity contribution in [3.8, 4) is 0 Å². The molecule has 0 unspecified atom stereocenters. The van der Waals surface area contributed by atoms with Gasteiger partial charge in [-0.05, 0) is 6.42 Å². The minimum Gasteiger partial charge on any atom is -0.394 e. The van der Waals surface area contributed by atoms with E-state index in [9.17, 15) is 50.0 Å². The van der Waals surface area contributed by atoms with E-state index in [-0.39, 0.29) is 19.5 Å². The molecular formula is C27H52FN7O15. The fraction of sp³-hybridized carbons (Fsp3) is 0.963. The minimum absolute atomic E-state index is 0.228. The third-order valence-corrected chi connectivity index (χ3v) is 9.49. The molecule has 21 N–H and O–H groups in total. The van der Waals surface area contributed by atoms with Crippen LogP contribution in [0.1, 0.15) is 6.42 Å². The molecule has 0 spiro atoms.